The first-order valence-corrected chi connectivity index (χ1v) is 10.3. The summed E-state index contributed by atoms with van der Waals surface area (Å²) in [5.41, 5.74) is 2.38. The first-order valence-electron chi connectivity index (χ1n) is 9.93. The van der Waals surface area contributed by atoms with Crippen molar-refractivity contribution in [1.82, 2.24) is 9.80 Å². The van der Waals surface area contributed by atoms with E-state index < -0.39 is 0 Å². The highest BCUT2D eigenvalue weighted by molar-refractivity contribution is 6.30. The fraction of sp³-hybridized carbons (Fsp3) is 0.619. The van der Waals surface area contributed by atoms with Gasteiger partial charge >= 0.3 is 0 Å². The van der Waals surface area contributed by atoms with E-state index in [1.165, 1.54) is 31.3 Å². The third-order valence-electron chi connectivity index (χ3n) is 6.04. The van der Waals surface area contributed by atoms with E-state index in [-0.39, 0.29) is 6.61 Å². The lowest BCUT2D eigenvalue weighted by Gasteiger charge is -2.44. The minimum atomic E-state index is 0.277. The molecule has 0 unspecified atom stereocenters. The molecule has 0 aromatic heterocycles. The molecule has 26 heavy (non-hydrogen) atoms. The number of aliphatic hydroxyl groups excluding tert-OH is 1. The Morgan fingerprint density at radius 3 is 2.85 bits per heavy atom. The number of rotatable bonds is 5. The SMILES string of the molecule is OCC[C@H]1CN(CC2=Cc3cc(Cl)ccc3OC2)CCN1C1CCCC1. The zero-order chi connectivity index (χ0) is 17.9. The highest BCUT2D eigenvalue weighted by atomic mass is 35.5. The van der Waals surface area contributed by atoms with Crippen LogP contribution in [-0.2, 0) is 0 Å². The van der Waals surface area contributed by atoms with Gasteiger partial charge in [0.25, 0.3) is 0 Å². The van der Waals surface area contributed by atoms with Crippen LogP contribution in [0.5, 0.6) is 5.75 Å². The van der Waals surface area contributed by atoms with E-state index in [1.54, 1.807) is 0 Å². The number of nitrogens with zero attached hydrogens (tertiary/aromatic N) is 2. The van der Waals surface area contributed by atoms with E-state index in [9.17, 15) is 5.11 Å². The van der Waals surface area contributed by atoms with Gasteiger partial charge in [0.15, 0.2) is 0 Å². The molecule has 4 rings (SSSR count). The Morgan fingerprint density at radius 1 is 1.19 bits per heavy atom. The van der Waals surface area contributed by atoms with Gasteiger partial charge in [-0.3, -0.25) is 9.80 Å². The normalized spacial score (nSPS) is 25.0. The van der Waals surface area contributed by atoms with Gasteiger partial charge in [-0.15, -0.1) is 0 Å². The first-order chi connectivity index (χ1) is 12.7. The van der Waals surface area contributed by atoms with Gasteiger partial charge in [-0.25, -0.2) is 0 Å². The molecule has 1 aliphatic carbocycles. The largest absolute Gasteiger partial charge is 0.489 e. The van der Waals surface area contributed by atoms with Gasteiger partial charge in [0.1, 0.15) is 12.4 Å². The smallest absolute Gasteiger partial charge is 0.127 e. The summed E-state index contributed by atoms with van der Waals surface area (Å²) >= 11 is 6.12. The number of benzene rings is 1. The van der Waals surface area contributed by atoms with Crippen LogP contribution in [0.3, 0.4) is 0 Å². The zero-order valence-electron chi connectivity index (χ0n) is 15.4. The van der Waals surface area contributed by atoms with E-state index in [0.717, 1.165) is 55.0 Å². The van der Waals surface area contributed by atoms with Gasteiger partial charge in [-0.2, -0.15) is 0 Å². The zero-order valence-corrected chi connectivity index (χ0v) is 16.1. The lowest BCUT2D eigenvalue weighted by atomic mass is 10.0. The molecule has 2 heterocycles. The highest BCUT2D eigenvalue weighted by Crippen LogP contribution is 2.31. The van der Waals surface area contributed by atoms with E-state index in [0.29, 0.717) is 12.6 Å². The molecule has 1 N–H and O–H groups in total. The summed E-state index contributed by atoms with van der Waals surface area (Å²) in [6.07, 6.45) is 8.50. The van der Waals surface area contributed by atoms with Crippen molar-refractivity contribution in [1.29, 1.82) is 0 Å². The summed E-state index contributed by atoms with van der Waals surface area (Å²) in [5, 5.41) is 10.3. The predicted molar refractivity (Wildman–Crippen MR) is 106 cm³/mol. The lowest BCUT2D eigenvalue weighted by molar-refractivity contribution is 0.0330. The minimum absolute atomic E-state index is 0.277. The molecule has 0 spiro atoms. The Balaban J connectivity index is 1.41. The van der Waals surface area contributed by atoms with E-state index in [2.05, 4.69) is 15.9 Å². The molecule has 1 aromatic rings. The maximum atomic E-state index is 9.53. The molecule has 4 nitrogen and oxygen atoms in total. The molecule has 142 valence electrons. The van der Waals surface area contributed by atoms with Crippen LogP contribution in [0.15, 0.2) is 23.8 Å². The molecule has 2 fully saturated rings. The monoisotopic (exact) mass is 376 g/mol. The molecular weight excluding hydrogens is 348 g/mol. The van der Waals surface area contributed by atoms with Crippen LogP contribution >= 0.6 is 11.6 Å². The summed E-state index contributed by atoms with van der Waals surface area (Å²) in [4.78, 5) is 5.21. The molecule has 0 bridgehead atoms. The summed E-state index contributed by atoms with van der Waals surface area (Å²) in [5.74, 6) is 0.919. The molecule has 1 aromatic carbocycles. The molecule has 1 atom stereocenters. The molecule has 2 aliphatic heterocycles. The Morgan fingerprint density at radius 2 is 2.04 bits per heavy atom. The number of piperazine rings is 1. The average molecular weight is 377 g/mol. The number of hydrogen-bond acceptors (Lipinski definition) is 4. The maximum absolute atomic E-state index is 9.53. The quantitative estimate of drug-likeness (QED) is 0.854. The van der Waals surface area contributed by atoms with Crippen molar-refractivity contribution in [2.75, 3.05) is 39.4 Å². The van der Waals surface area contributed by atoms with Crippen molar-refractivity contribution < 1.29 is 9.84 Å². The first kappa shape index (κ1) is 18.3. The number of fused-ring (bicyclic) bond motifs is 1. The molecule has 3 aliphatic rings. The fourth-order valence-electron chi connectivity index (χ4n) is 4.77. The van der Waals surface area contributed by atoms with Crippen LogP contribution in [0.1, 0.15) is 37.7 Å². The van der Waals surface area contributed by atoms with Crippen LogP contribution in [0.2, 0.25) is 5.02 Å². The number of ether oxygens (including phenoxy) is 1. The maximum Gasteiger partial charge on any atom is 0.127 e. The molecule has 0 radical (unpaired) electrons. The van der Waals surface area contributed by atoms with Gasteiger partial charge in [0.05, 0.1) is 0 Å². The topological polar surface area (TPSA) is 35.9 Å². The van der Waals surface area contributed by atoms with Crippen molar-refractivity contribution in [3.05, 3.63) is 34.4 Å². The Labute approximate surface area is 161 Å². The summed E-state index contributed by atoms with van der Waals surface area (Å²) < 4.78 is 5.91. The summed E-state index contributed by atoms with van der Waals surface area (Å²) in [7, 11) is 0. The molecule has 1 saturated heterocycles. The third-order valence-corrected chi connectivity index (χ3v) is 6.27. The fourth-order valence-corrected chi connectivity index (χ4v) is 4.95. The van der Waals surface area contributed by atoms with Gasteiger partial charge in [-0.1, -0.05) is 24.4 Å². The molecule has 5 heteroatoms. The second-order valence-electron chi connectivity index (χ2n) is 7.85. The van der Waals surface area contributed by atoms with E-state index in [1.807, 2.05) is 18.2 Å². The van der Waals surface area contributed by atoms with Gasteiger partial charge in [0.2, 0.25) is 0 Å². The van der Waals surface area contributed by atoms with Crippen LogP contribution < -0.4 is 4.74 Å². The molecule has 1 saturated carbocycles. The van der Waals surface area contributed by atoms with Crippen molar-refractivity contribution in [2.45, 2.75) is 44.2 Å². The standard InChI is InChI=1S/C21H29ClN2O2/c22-18-5-6-21-17(12-18)11-16(15-26-21)13-23-8-9-24(19-3-1-2-4-19)20(14-23)7-10-25/h5-6,11-12,19-20,25H,1-4,7-10,13-15H2/t20-/m0/s1. The molecular formula is C21H29ClN2O2. The average Bonchev–Trinajstić information content (AvgIpc) is 3.16. The van der Waals surface area contributed by atoms with Crippen molar-refractivity contribution in [2.24, 2.45) is 0 Å². The van der Waals surface area contributed by atoms with Gasteiger partial charge in [-0.05, 0) is 49.1 Å². The Kier molecular flexibility index (Phi) is 5.84. The summed E-state index contributed by atoms with van der Waals surface area (Å²) in [6, 6.07) is 7.01. The number of halogens is 1. The van der Waals surface area contributed by atoms with Gasteiger partial charge < -0.3 is 9.84 Å². The van der Waals surface area contributed by atoms with E-state index >= 15 is 0 Å². The van der Waals surface area contributed by atoms with Crippen LogP contribution in [0, 0.1) is 0 Å². The predicted octanol–water partition coefficient (Wildman–Crippen LogP) is 3.43. The van der Waals surface area contributed by atoms with Crippen LogP contribution in [0.4, 0.5) is 0 Å². The van der Waals surface area contributed by atoms with E-state index in [4.69, 9.17) is 16.3 Å². The summed E-state index contributed by atoms with van der Waals surface area (Å²) in [6.45, 7) is 5.12. The lowest BCUT2D eigenvalue weighted by Crippen LogP contribution is -2.56. The molecule has 0 amide bonds. The minimum Gasteiger partial charge on any atom is -0.489 e. The van der Waals surface area contributed by atoms with Crippen LogP contribution in [0.25, 0.3) is 6.08 Å². The van der Waals surface area contributed by atoms with Crippen molar-refractivity contribution >= 4 is 17.7 Å². The van der Waals surface area contributed by atoms with Crippen LogP contribution in [-0.4, -0.2) is 66.4 Å². The Hall–Kier alpha value is -1.07. The Bertz CT molecular complexity index is 657. The van der Waals surface area contributed by atoms with Gasteiger partial charge in [0, 0.05) is 55.5 Å². The van der Waals surface area contributed by atoms with Crippen molar-refractivity contribution in [3.63, 3.8) is 0 Å². The second kappa shape index (κ2) is 8.30. The number of hydrogen-bond donors (Lipinski definition) is 1. The highest BCUT2D eigenvalue weighted by Gasteiger charge is 2.33. The third kappa shape index (κ3) is 4.09. The van der Waals surface area contributed by atoms with Crippen molar-refractivity contribution in [3.8, 4) is 5.75 Å². The second-order valence-corrected chi connectivity index (χ2v) is 8.29. The number of aliphatic hydroxyl groups is 1.